The van der Waals surface area contributed by atoms with E-state index in [1.165, 1.54) is 12.3 Å². The molecule has 1 N–H and O–H groups in total. The zero-order chi connectivity index (χ0) is 11.7. The second kappa shape index (κ2) is 3.87. The van der Waals surface area contributed by atoms with Crippen molar-refractivity contribution in [3.05, 3.63) is 65.1 Å². The summed E-state index contributed by atoms with van der Waals surface area (Å²) >= 11 is 0. The molecule has 0 atom stereocenters. The first-order chi connectivity index (χ1) is 8.34. The fraction of sp³-hybridized carbons (Fsp3) is 0. The number of hydrogen-bond acceptors (Lipinski definition) is 2. The molecule has 0 unspecified atom stereocenters. The smallest absolute Gasteiger partial charge is 0.251 e. The highest BCUT2D eigenvalue weighted by molar-refractivity contribution is 5.94. The Morgan fingerprint density at radius 2 is 1.76 bits per heavy atom. The van der Waals surface area contributed by atoms with Crippen molar-refractivity contribution in [2.75, 3.05) is 0 Å². The summed E-state index contributed by atoms with van der Waals surface area (Å²) in [5, 5.41) is 2.22. The van der Waals surface area contributed by atoms with Crippen molar-refractivity contribution in [2.24, 2.45) is 0 Å². The summed E-state index contributed by atoms with van der Waals surface area (Å²) in [6.45, 7) is 0. The van der Waals surface area contributed by atoms with Crippen LogP contribution in [0.3, 0.4) is 0 Å². The van der Waals surface area contributed by atoms with Gasteiger partial charge in [0.05, 0.1) is 0 Å². The number of hydrogen-bond donors (Lipinski definition) is 1. The number of nitrogens with one attached hydrogen (secondary N) is 1. The van der Waals surface area contributed by atoms with E-state index >= 15 is 0 Å². The highest BCUT2D eigenvalue weighted by Crippen LogP contribution is 2.24. The summed E-state index contributed by atoms with van der Waals surface area (Å²) < 4.78 is 0. The molecule has 3 nitrogen and oxygen atoms in total. The fourth-order valence-electron chi connectivity index (χ4n) is 1.94. The number of aromatic amines is 1. The molecular weight excluding hydrogens is 212 g/mol. The SMILES string of the molecule is O=c1ccnc(-c2cccc3ccccc23)[nH]1. The molecule has 0 saturated heterocycles. The number of rotatable bonds is 1. The van der Waals surface area contributed by atoms with Gasteiger partial charge in [0, 0.05) is 17.8 Å². The van der Waals surface area contributed by atoms with Gasteiger partial charge >= 0.3 is 0 Å². The predicted octanol–water partition coefficient (Wildman–Crippen LogP) is 2.59. The zero-order valence-corrected chi connectivity index (χ0v) is 9.05. The molecule has 17 heavy (non-hydrogen) atoms. The molecule has 0 fully saturated rings. The number of benzene rings is 2. The summed E-state index contributed by atoms with van der Waals surface area (Å²) in [5.41, 5.74) is 0.809. The molecule has 0 radical (unpaired) electrons. The molecule has 0 aliphatic heterocycles. The second-order valence-electron chi connectivity index (χ2n) is 3.81. The normalized spacial score (nSPS) is 10.6. The van der Waals surface area contributed by atoms with Gasteiger partial charge in [0.1, 0.15) is 5.82 Å². The molecule has 0 aliphatic rings. The van der Waals surface area contributed by atoms with Crippen LogP contribution in [0.15, 0.2) is 59.5 Å². The van der Waals surface area contributed by atoms with Crippen LogP contribution in [0.4, 0.5) is 0 Å². The van der Waals surface area contributed by atoms with Crippen molar-refractivity contribution in [2.45, 2.75) is 0 Å². The molecule has 0 amide bonds. The molecule has 1 aromatic heterocycles. The van der Waals surface area contributed by atoms with Crippen LogP contribution in [0.25, 0.3) is 22.2 Å². The van der Waals surface area contributed by atoms with E-state index in [4.69, 9.17) is 0 Å². The maximum Gasteiger partial charge on any atom is 0.251 e. The lowest BCUT2D eigenvalue weighted by Crippen LogP contribution is -2.05. The lowest BCUT2D eigenvalue weighted by molar-refractivity contribution is 1.13. The Kier molecular flexibility index (Phi) is 2.22. The van der Waals surface area contributed by atoms with Gasteiger partial charge in [-0.15, -0.1) is 0 Å². The third kappa shape index (κ3) is 1.72. The van der Waals surface area contributed by atoms with Crippen molar-refractivity contribution in [3.63, 3.8) is 0 Å². The van der Waals surface area contributed by atoms with Crippen LogP contribution < -0.4 is 5.56 Å². The molecule has 3 aromatic rings. The molecule has 3 rings (SSSR count). The minimum atomic E-state index is -0.136. The van der Waals surface area contributed by atoms with E-state index < -0.39 is 0 Å². The summed E-state index contributed by atoms with van der Waals surface area (Å²) in [4.78, 5) is 18.3. The van der Waals surface area contributed by atoms with Crippen molar-refractivity contribution in [3.8, 4) is 11.4 Å². The van der Waals surface area contributed by atoms with Crippen LogP contribution in [0, 0.1) is 0 Å². The van der Waals surface area contributed by atoms with Gasteiger partial charge in [0.25, 0.3) is 5.56 Å². The zero-order valence-electron chi connectivity index (χ0n) is 9.05. The van der Waals surface area contributed by atoms with Gasteiger partial charge in [-0.25, -0.2) is 4.98 Å². The number of nitrogens with zero attached hydrogens (tertiary/aromatic N) is 1. The monoisotopic (exact) mass is 222 g/mol. The largest absolute Gasteiger partial charge is 0.307 e. The summed E-state index contributed by atoms with van der Waals surface area (Å²) in [6.07, 6.45) is 1.52. The van der Waals surface area contributed by atoms with Crippen LogP contribution in [-0.2, 0) is 0 Å². The van der Waals surface area contributed by atoms with Gasteiger partial charge in [-0.1, -0.05) is 42.5 Å². The van der Waals surface area contributed by atoms with Gasteiger partial charge in [-0.3, -0.25) is 4.79 Å². The van der Waals surface area contributed by atoms with Crippen LogP contribution in [-0.4, -0.2) is 9.97 Å². The Hall–Kier alpha value is -2.42. The molecule has 2 aromatic carbocycles. The average molecular weight is 222 g/mol. The quantitative estimate of drug-likeness (QED) is 0.687. The topological polar surface area (TPSA) is 45.8 Å². The van der Waals surface area contributed by atoms with Crippen molar-refractivity contribution in [1.82, 2.24) is 9.97 Å². The lowest BCUT2D eigenvalue weighted by atomic mass is 10.0. The third-order valence-electron chi connectivity index (χ3n) is 2.72. The van der Waals surface area contributed by atoms with E-state index in [1.807, 2.05) is 42.5 Å². The molecule has 0 aliphatic carbocycles. The van der Waals surface area contributed by atoms with Gasteiger partial charge in [0.15, 0.2) is 0 Å². The Morgan fingerprint density at radius 3 is 2.65 bits per heavy atom. The van der Waals surface area contributed by atoms with E-state index in [0.717, 1.165) is 16.3 Å². The van der Waals surface area contributed by atoms with E-state index in [9.17, 15) is 4.79 Å². The van der Waals surface area contributed by atoms with Crippen LogP contribution in [0.5, 0.6) is 0 Å². The molecule has 0 spiro atoms. The average Bonchev–Trinajstić information content (AvgIpc) is 2.38. The van der Waals surface area contributed by atoms with E-state index in [-0.39, 0.29) is 5.56 Å². The standard InChI is InChI=1S/C14H10N2O/c17-13-8-9-15-14(16-13)12-7-3-5-10-4-1-2-6-11(10)12/h1-9H,(H,15,16,17). The predicted molar refractivity (Wildman–Crippen MR) is 67.8 cm³/mol. The van der Waals surface area contributed by atoms with Gasteiger partial charge in [0.2, 0.25) is 0 Å². The highest BCUT2D eigenvalue weighted by Gasteiger charge is 2.04. The lowest BCUT2D eigenvalue weighted by Gasteiger charge is -2.04. The minimum absolute atomic E-state index is 0.136. The highest BCUT2D eigenvalue weighted by atomic mass is 16.1. The maximum atomic E-state index is 11.3. The van der Waals surface area contributed by atoms with E-state index in [0.29, 0.717) is 5.82 Å². The Morgan fingerprint density at radius 1 is 0.941 bits per heavy atom. The first-order valence-corrected chi connectivity index (χ1v) is 5.38. The minimum Gasteiger partial charge on any atom is -0.307 e. The third-order valence-corrected chi connectivity index (χ3v) is 2.72. The Balaban J connectivity index is 2.34. The first-order valence-electron chi connectivity index (χ1n) is 5.38. The number of H-pyrrole nitrogens is 1. The van der Waals surface area contributed by atoms with Crippen LogP contribution >= 0.6 is 0 Å². The molecule has 3 heteroatoms. The number of aromatic nitrogens is 2. The van der Waals surface area contributed by atoms with Crippen molar-refractivity contribution in [1.29, 1.82) is 0 Å². The van der Waals surface area contributed by atoms with Crippen molar-refractivity contribution < 1.29 is 0 Å². The molecule has 82 valence electrons. The Bertz CT molecular complexity index is 726. The number of fused-ring (bicyclic) bond motifs is 1. The van der Waals surface area contributed by atoms with E-state index in [2.05, 4.69) is 9.97 Å². The van der Waals surface area contributed by atoms with Crippen molar-refractivity contribution >= 4 is 10.8 Å². The van der Waals surface area contributed by atoms with Crippen LogP contribution in [0.1, 0.15) is 0 Å². The fourth-order valence-corrected chi connectivity index (χ4v) is 1.94. The molecular formula is C14H10N2O. The molecule has 1 heterocycles. The van der Waals surface area contributed by atoms with E-state index in [1.54, 1.807) is 0 Å². The van der Waals surface area contributed by atoms with Gasteiger partial charge in [-0.2, -0.15) is 0 Å². The van der Waals surface area contributed by atoms with Crippen LogP contribution in [0.2, 0.25) is 0 Å². The summed E-state index contributed by atoms with van der Waals surface area (Å²) in [6, 6.07) is 15.4. The summed E-state index contributed by atoms with van der Waals surface area (Å²) in [7, 11) is 0. The van der Waals surface area contributed by atoms with Gasteiger partial charge < -0.3 is 4.98 Å². The first kappa shape index (κ1) is 9.78. The Labute approximate surface area is 97.8 Å². The molecule has 0 bridgehead atoms. The maximum absolute atomic E-state index is 11.3. The molecule has 0 saturated carbocycles. The van der Waals surface area contributed by atoms with Gasteiger partial charge in [-0.05, 0) is 10.8 Å². The summed E-state index contributed by atoms with van der Waals surface area (Å²) in [5.74, 6) is 0.606. The second-order valence-corrected chi connectivity index (χ2v) is 3.81.